The fourth-order valence-corrected chi connectivity index (χ4v) is 1.58. The van der Waals surface area contributed by atoms with Gasteiger partial charge in [0.25, 0.3) is 0 Å². The summed E-state index contributed by atoms with van der Waals surface area (Å²) in [6, 6.07) is 17.3. The number of hydrogen-bond donors (Lipinski definition) is 2. The molecule has 2 aromatic carbocycles. The molecule has 2 aromatic rings. The fourth-order valence-electron chi connectivity index (χ4n) is 1.58. The van der Waals surface area contributed by atoms with Crippen LogP contribution in [0.25, 0.3) is 0 Å². The van der Waals surface area contributed by atoms with Crippen LogP contribution in [0.15, 0.2) is 59.6 Å². The first kappa shape index (κ1) is 11.4. The maximum atomic E-state index is 9.13. The number of rotatable bonds is 2. The summed E-state index contributed by atoms with van der Waals surface area (Å²) in [5, 5.41) is 9.13. The molecule has 0 spiro atoms. The number of benzene rings is 2. The molecular weight excluding hydrogens is 212 g/mol. The molecule has 3 heteroatoms. The lowest BCUT2D eigenvalue weighted by Gasteiger charge is -2.05. The molecule has 0 bridgehead atoms. The molecule has 2 N–H and O–H groups in total. The summed E-state index contributed by atoms with van der Waals surface area (Å²) in [4.78, 5) is 4.36. The molecule has 0 amide bonds. The van der Waals surface area contributed by atoms with Crippen LogP contribution in [0.3, 0.4) is 0 Å². The van der Waals surface area contributed by atoms with Crippen LogP contribution >= 0.6 is 0 Å². The van der Waals surface area contributed by atoms with Crippen molar-refractivity contribution >= 4 is 11.5 Å². The molecule has 17 heavy (non-hydrogen) atoms. The number of aryl methyl sites for hydroxylation is 1. The third-order valence-corrected chi connectivity index (χ3v) is 2.40. The van der Waals surface area contributed by atoms with Gasteiger partial charge in [0, 0.05) is 5.56 Å². The molecule has 3 nitrogen and oxygen atoms in total. The van der Waals surface area contributed by atoms with E-state index in [4.69, 9.17) is 5.21 Å². The number of amidine groups is 1. The van der Waals surface area contributed by atoms with Crippen LogP contribution in [-0.4, -0.2) is 11.0 Å². The number of aliphatic imine (C=N–C) groups is 1. The fraction of sp³-hybridized carbons (Fsp3) is 0.0714. The van der Waals surface area contributed by atoms with Crippen LogP contribution < -0.4 is 5.48 Å². The van der Waals surface area contributed by atoms with Crippen molar-refractivity contribution < 1.29 is 5.21 Å². The Kier molecular flexibility index (Phi) is 3.52. The molecule has 0 radical (unpaired) electrons. The number of hydrogen-bond acceptors (Lipinski definition) is 2. The van der Waals surface area contributed by atoms with E-state index in [2.05, 4.69) is 10.5 Å². The van der Waals surface area contributed by atoms with Crippen molar-refractivity contribution in [3.63, 3.8) is 0 Å². The van der Waals surface area contributed by atoms with Crippen LogP contribution in [0.4, 0.5) is 5.69 Å². The Bertz CT molecular complexity index is 521. The van der Waals surface area contributed by atoms with E-state index in [1.807, 2.05) is 61.5 Å². The lowest BCUT2D eigenvalue weighted by Crippen LogP contribution is -2.19. The van der Waals surface area contributed by atoms with Gasteiger partial charge in [-0.05, 0) is 24.6 Å². The summed E-state index contributed by atoms with van der Waals surface area (Å²) < 4.78 is 0. The number of hydroxylamine groups is 1. The first-order valence-corrected chi connectivity index (χ1v) is 5.40. The van der Waals surface area contributed by atoms with Crippen LogP contribution in [0.2, 0.25) is 0 Å². The van der Waals surface area contributed by atoms with E-state index < -0.39 is 0 Å². The van der Waals surface area contributed by atoms with Gasteiger partial charge < -0.3 is 0 Å². The molecule has 2 rings (SSSR count). The van der Waals surface area contributed by atoms with E-state index in [0.717, 1.165) is 16.8 Å². The third kappa shape index (κ3) is 2.92. The zero-order chi connectivity index (χ0) is 12.1. The van der Waals surface area contributed by atoms with Crippen LogP contribution in [0, 0.1) is 6.92 Å². The van der Waals surface area contributed by atoms with Gasteiger partial charge in [0.15, 0.2) is 5.84 Å². The number of nitrogens with one attached hydrogen (secondary N) is 1. The van der Waals surface area contributed by atoms with Crippen molar-refractivity contribution in [3.05, 3.63) is 65.7 Å². The predicted octanol–water partition coefficient (Wildman–Crippen LogP) is 3.05. The minimum absolute atomic E-state index is 0.441. The highest BCUT2D eigenvalue weighted by Crippen LogP contribution is 2.14. The van der Waals surface area contributed by atoms with E-state index >= 15 is 0 Å². The Labute approximate surface area is 100 Å². The van der Waals surface area contributed by atoms with Crippen molar-refractivity contribution in [1.82, 2.24) is 5.48 Å². The van der Waals surface area contributed by atoms with E-state index in [1.54, 1.807) is 0 Å². The maximum Gasteiger partial charge on any atom is 0.157 e. The molecule has 0 saturated heterocycles. The summed E-state index contributed by atoms with van der Waals surface area (Å²) in [5.74, 6) is 0.441. The van der Waals surface area contributed by atoms with Gasteiger partial charge >= 0.3 is 0 Å². The van der Waals surface area contributed by atoms with Crippen molar-refractivity contribution in [2.75, 3.05) is 0 Å². The molecule has 0 aliphatic heterocycles. The number of nitrogens with zero attached hydrogens (tertiary/aromatic N) is 1. The van der Waals surface area contributed by atoms with Crippen molar-refractivity contribution in [1.29, 1.82) is 0 Å². The molecule has 0 fully saturated rings. The molecule has 0 heterocycles. The van der Waals surface area contributed by atoms with Gasteiger partial charge in [-0.3, -0.25) is 10.7 Å². The highest BCUT2D eigenvalue weighted by molar-refractivity contribution is 5.99. The van der Waals surface area contributed by atoms with Gasteiger partial charge in [-0.25, -0.2) is 4.99 Å². The highest BCUT2D eigenvalue weighted by atomic mass is 16.5. The Balaban J connectivity index is 2.36. The zero-order valence-corrected chi connectivity index (χ0v) is 9.59. The molecule has 0 unspecified atom stereocenters. The Morgan fingerprint density at radius 1 is 1.06 bits per heavy atom. The normalized spacial score (nSPS) is 11.3. The second-order valence-electron chi connectivity index (χ2n) is 3.78. The Hall–Kier alpha value is -2.13. The lowest BCUT2D eigenvalue weighted by atomic mass is 10.2. The molecule has 86 valence electrons. The zero-order valence-electron chi connectivity index (χ0n) is 9.59. The SMILES string of the molecule is Cc1cccc(N=C(NO)c2ccccc2)c1. The van der Waals surface area contributed by atoms with E-state index in [1.165, 1.54) is 0 Å². The average Bonchev–Trinajstić information content (AvgIpc) is 2.37. The monoisotopic (exact) mass is 226 g/mol. The van der Waals surface area contributed by atoms with E-state index in [-0.39, 0.29) is 0 Å². The van der Waals surface area contributed by atoms with Crippen LogP contribution in [-0.2, 0) is 0 Å². The first-order chi connectivity index (χ1) is 8.29. The topological polar surface area (TPSA) is 44.6 Å². The van der Waals surface area contributed by atoms with Gasteiger partial charge in [-0.15, -0.1) is 0 Å². The molecule has 0 atom stereocenters. The second-order valence-corrected chi connectivity index (χ2v) is 3.78. The van der Waals surface area contributed by atoms with Gasteiger partial charge in [-0.1, -0.05) is 42.5 Å². The highest BCUT2D eigenvalue weighted by Gasteiger charge is 2.01. The quantitative estimate of drug-likeness (QED) is 0.469. The summed E-state index contributed by atoms with van der Waals surface area (Å²) in [6.07, 6.45) is 0. The minimum atomic E-state index is 0.441. The van der Waals surface area contributed by atoms with E-state index in [9.17, 15) is 0 Å². The van der Waals surface area contributed by atoms with Crippen LogP contribution in [0.5, 0.6) is 0 Å². The van der Waals surface area contributed by atoms with Crippen molar-refractivity contribution in [3.8, 4) is 0 Å². The molecule has 0 saturated carbocycles. The second kappa shape index (κ2) is 5.27. The standard InChI is InChI=1S/C14H14N2O/c1-11-6-5-9-13(10-11)15-14(16-17)12-7-3-2-4-8-12/h2-10,17H,1H3,(H,15,16). The molecule has 0 aromatic heterocycles. The largest absolute Gasteiger partial charge is 0.290 e. The predicted molar refractivity (Wildman–Crippen MR) is 68.7 cm³/mol. The average molecular weight is 226 g/mol. The van der Waals surface area contributed by atoms with Gasteiger partial charge in [-0.2, -0.15) is 0 Å². The van der Waals surface area contributed by atoms with Gasteiger partial charge in [0.05, 0.1) is 5.69 Å². The summed E-state index contributed by atoms with van der Waals surface area (Å²) >= 11 is 0. The summed E-state index contributed by atoms with van der Waals surface area (Å²) in [6.45, 7) is 2.01. The van der Waals surface area contributed by atoms with Crippen molar-refractivity contribution in [2.24, 2.45) is 4.99 Å². The maximum absolute atomic E-state index is 9.13. The Morgan fingerprint density at radius 3 is 2.47 bits per heavy atom. The van der Waals surface area contributed by atoms with Crippen LogP contribution in [0.1, 0.15) is 11.1 Å². The lowest BCUT2D eigenvalue weighted by molar-refractivity contribution is 0.235. The summed E-state index contributed by atoms with van der Waals surface area (Å²) in [5.41, 5.74) is 4.93. The van der Waals surface area contributed by atoms with E-state index in [0.29, 0.717) is 5.84 Å². The minimum Gasteiger partial charge on any atom is -0.290 e. The summed E-state index contributed by atoms with van der Waals surface area (Å²) in [7, 11) is 0. The molecular formula is C14H14N2O. The third-order valence-electron chi connectivity index (χ3n) is 2.40. The molecule has 0 aliphatic rings. The van der Waals surface area contributed by atoms with Crippen molar-refractivity contribution in [2.45, 2.75) is 6.92 Å². The Morgan fingerprint density at radius 2 is 1.82 bits per heavy atom. The molecule has 0 aliphatic carbocycles. The van der Waals surface area contributed by atoms with Gasteiger partial charge in [0.2, 0.25) is 0 Å². The van der Waals surface area contributed by atoms with Gasteiger partial charge in [0.1, 0.15) is 0 Å². The first-order valence-electron chi connectivity index (χ1n) is 5.40. The smallest absolute Gasteiger partial charge is 0.157 e.